The number of nitrogens with zero attached hydrogens (tertiary/aromatic N) is 1. The molecule has 1 aliphatic carbocycles. The van der Waals surface area contributed by atoms with Gasteiger partial charge in [-0.2, -0.15) is 0 Å². The minimum Gasteiger partial charge on any atom is -0.366 e. The first-order valence-electron chi connectivity index (χ1n) is 10.1. The average molecular weight is 434 g/mol. The third-order valence-corrected chi connectivity index (χ3v) is 5.82. The Morgan fingerprint density at radius 2 is 1.74 bits per heavy atom. The number of likely N-dealkylation sites (N-methyl/N-ethyl adjacent to an activating group) is 1. The second-order valence-electron chi connectivity index (χ2n) is 8.03. The fraction of sp³-hybridized carbons (Fsp3) is 0.200. The fourth-order valence-electron chi connectivity index (χ4n) is 3.94. The van der Waals surface area contributed by atoms with E-state index in [1.54, 1.807) is 0 Å². The summed E-state index contributed by atoms with van der Waals surface area (Å²) in [4.78, 5) is 26.9. The molecule has 6 heteroatoms. The summed E-state index contributed by atoms with van der Waals surface area (Å²) in [5.74, 6) is -0.566. The molecule has 158 valence electrons. The van der Waals surface area contributed by atoms with E-state index in [0.717, 1.165) is 39.9 Å². The van der Waals surface area contributed by atoms with Crippen LogP contribution in [0.2, 0.25) is 5.02 Å². The van der Waals surface area contributed by atoms with Crippen molar-refractivity contribution in [1.29, 1.82) is 0 Å². The van der Waals surface area contributed by atoms with Crippen LogP contribution in [-0.4, -0.2) is 43.9 Å². The van der Waals surface area contributed by atoms with Gasteiger partial charge < -0.3 is 16.0 Å². The molecule has 0 saturated carbocycles. The number of rotatable bonds is 6. The Kier molecular flexibility index (Phi) is 5.81. The number of benzene rings is 3. The van der Waals surface area contributed by atoms with Gasteiger partial charge in [0.1, 0.15) is 0 Å². The number of halogens is 1. The van der Waals surface area contributed by atoms with E-state index < -0.39 is 5.91 Å². The van der Waals surface area contributed by atoms with E-state index in [4.69, 9.17) is 17.3 Å². The normalized spacial score (nSPS) is 11.9. The van der Waals surface area contributed by atoms with Crippen molar-refractivity contribution in [1.82, 2.24) is 10.2 Å². The van der Waals surface area contributed by atoms with Gasteiger partial charge in [0.05, 0.1) is 0 Å². The van der Waals surface area contributed by atoms with E-state index in [1.165, 1.54) is 0 Å². The first kappa shape index (κ1) is 21.1. The zero-order valence-corrected chi connectivity index (χ0v) is 18.3. The number of amides is 2. The molecule has 0 radical (unpaired) electrons. The number of carbonyl (C=O) groups excluding carboxylic acids is 2. The van der Waals surface area contributed by atoms with Crippen LogP contribution >= 0.6 is 11.6 Å². The van der Waals surface area contributed by atoms with Gasteiger partial charge in [0.25, 0.3) is 5.91 Å². The van der Waals surface area contributed by atoms with Crippen LogP contribution in [0.4, 0.5) is 0 Å². The van der Waals surface area contributed by atoms with Gasteiger partial charge in [0.15, 0.2) is 0 Å². The van der Waals surface area contributed by atoms with Gasteiger partial charge in [-0.05, 0) is 90.3 Å². The van der Waals surface area contributed by atoms with Crippen LogP contribution in [-0.2, 0) is 6.42 Å². The molecular formula is C25H24ClN3O2. The van der Waals surface area contributed by atoms with Gasteiger partial charge in [0, 0.05) is 29.2 Å². The van der Waals surface area contributed by atoms with Gasteiger partial charge in [-0.25, -0.2) is 0 Å². The van der Waals surface area contributed by atoms with Crippen molar-refractivity contribution in [3.63, 3.8) is 0 Å². The molecule has 31 heavy (non-hydrogen) atoms. The maximum absolute atomic E-state index is 12.6. The molecule has 4 rings (SSSR count). The Labute approximate surface area is 186 Å². The van der Waals surface area contributed by atoms with Crippen molar-refractivity contribution in [2.45, 2.75) is 6.42 Å². The zero-order chi connectivity index (χ0) is 22.1. The lowest BCUT2D eigenvalue weighted by molar-refractivity contribution is 0.0949. The van der Waals surface area contributed by atoms with E-state index in [0.29, 0.717) is 29.1 Å². The van der Waals surface area contributed by atoms with E-state index in [9.17, 15) is 9.59 Å². The molecular weight excluding hydrogens is 410 g/mol. The highest BCUT2D eigenvalue weighted by Crippen LogP contribution is 2.41. The standard InChI is InChI=1S/C25H24ClN3O2/c1-29(2)10-9-28-25(31)17-4-3-16-11-22-21(20(16)12-17)13-18(14-23(22)24(27)30)15-5-7-19(26)8-6-15/h3-8,12-14H,9-11H2,1-2H3,(H2,27,30)(H,28,31). The number of carbonyl (C=O) groups is 2. The van der Waals surface area contributed by atoms with Crippen LogP contribution < -0.4 is 11.1 Å². The van der Waals surface area contributed by atoms with E-state index in [-0.39, 0.29) is 5.91 Å². The number of primary amides is 1. The molecule has 0 aromatic heterocycles. The zero-order valence-electron chi connectivity index (χ0n) is 17.5. The molecule has 0 atom stereocenters. The Morgan fingerprint density at radius 3 is 2.42 bits per heavy atom. The molecule has 3 N–H and O–H groups in total. The third-order valence-electron chi connectivity index (χ3n) is 5.57. The van der Waals surface area contributed by atoms with Gasteiger partial charge in [0.2, 0.25) is 5.91 Å². The predicted molar refractivity (Wildman–Crippen MR) is 125 cm³/mol. The molecule has 2 amide bonds. The molecule has 0 bridgehead atoms. The summed E-state index contributed by atoms with van der Waals surface area (Å²) < 4.78 is 0. The van der Waals surface area contributed by atoms with Gasteiger partial charge in [-0.1, -0.05) is 29.8 Å². The highest BCUT2D eigenvalue weighted by molar-refractivity contribution is 6.30. The van der Waals surface area contributed by atoms with Crippen LogP contribution in [0.1, 0.15) is 31.8 Å². The molecule has 1 aliphatic rings. The number of nitrogens with two attached hydrogens (primary N) is 1. The van der Waals surface area contributed by atoms with Crippen molar-refractivity contribution in [2.75, 3.05) is 27.2 Å². The summed E-state index contributed by atoms with van der Waals surface area (Å²) in [6.07, 6.45) is 0.617. The second kappa shape index (κ2) is 8.53. The number of nitrogens with one attached hydrogen (secondary N) is 1. The summed E-state index contributed by atoms with van der Waals surface area (Å²) in [5, 5.41) is 3.60. The summed E-state index contributed by atoms with van der Waals surface area (Å²) in [5.41, 5.74) is 12.6. The average Bonchev–Trinajstić information content (AvgIpc) is 3.11. The smallest absolute Gasteiger partial charge is 0.251 e. The van der Waals surface area contributed by atoms with Crippen molar-refractivity contribution >= 4 is 23.4 Å². The highest BCUT2D eigenvalue weighted by Gasteiger charge is 2.25. The molecule has 3 aromatic carbocycles. The first-order valence-corrected chi connectivity index (χ1v) is 10.5. The summed E-state index contributed by atoms with van der Waals surface area (Å²) in [7, 11) is 3.93. The molecule has 0 heterocycles. The molecule has 0 fully saturated rings. The Morgan fingerprint density at radius 1 is 1.00 bits per heavy atom. The Bertz CT molecular complexity index is 1170. The molecule has 3 aromatic rings. The van der Waals surface area contributed by atoms with Crippen LogP contribution in [0.3, 0.4) is 0 Å². The maximum Gasteiger partial charge on any atom is 0.251 e. The quantitative estimate of drug-likeness (QED) is 0.483. The Balaban J connectivity index is 1.74. The summed E-state index contributed by atoms with van der Waals surface area (Å²) in [6, 6.07) is 17.1. The minimum absolute atomic E-state index is 0.109. The first-order chi connectivity index (χ1) is 14.8. The van der Waals surface area contributed by atoms with Crippen LogP contribution in [0.15, 0.2) is 54.6 Å². The highest BCUT2D eigenvalue weighted by atomic mass is 35.5. The van der Waals surface area contributed by atoms with Gasteiger partial charge in [-0.3, -0.25) is 9.59 Å². The number of fused-ring (bicyclic) bond motifs is 3. The third kappa shape index (κ3) is 4.33. The predicted octanol–water partition coefficient (Wildman–Crippen LogP) is 3.97. The fourth-order valence-corrected chi connectivity index (χ4v) is 4.07. The van der Waals surface area contributed by atoms with Crippen molar-refractivity contribution in [2.24, 2.45) is 5.73 Å². The van der Waals surface area contributed by atoms with Crippen molar-refractivity contribution in [3.8, 4) is 22.3 Å². The topological polar surface area (TPSA) is 75.4 Å². The summed E-state index contributed by atoms with van der Waals surface area (Å²) >= 11 is 6.03. The SMILES string of the molecule is CN(C)CCNC(=O)c1ccc2c(c1)-c1cc(-c3ccc(Cl)cc3)cc(C(N)=O)c1C2. The Hall–Kier alpha value is -3.15. The van der Waals surface area contributed by atoms with E-state index >= 15 is 0 Å². The molecule has 0 aliphatic heterocycles. The van der Waals surface area contributed by atoms with Crippen LogP contribution in [0.25, 0.3) is 22.3 Å². The molecule has 0 unspecified atom stereocenters. The minimum atomic E-state index is -0.457. The van der Waals surface area contributed by atoms with Crippen LogP contribution in [0, 0.1) is 0 Å². The monoisotopic (exact) mass is 433 g/mol. The molecule has 0 saturated heterocycles. The van der Waals surface area contributed by atoms with Gasteiger partial charge >= 0.3 is 0 Å². The largest absolute Gasteiger partial charge is 0.366 e. The van der Waals surface area contributed by atoms with Crippen molar-refractivity contribution in [3.05, 3.63) is 81.9 Å². The number of hydrogen-bond donors (Lipinski definition) is 2. The molecule has 0 spiro atoms. The number of hydrogen-bond acceptors (Lipinski definition) is 3. The lowest BCUT2D eigenvalue weighted by atomic mass is 9.93. The lowest BCUT2D eigenvalue weighted by Gasteiger charge is -2.12. The van der Waals surface area contributed by atoms with E-state index in [2.05, 4.69) is 11.4 Å². The maximum atomic E-state index is 12.6. The second-order valence-corrected chi connectivity index (χ2v) is 8.47. The van der Waals surface area contributed by atoms with Crippen molar-refractivity contribution < 1.29 is 9.59 Å². The molecule has 5 nitrogen and oxygen atoms in total. The summed E-state index contributed by atoms with van der Waals surface area (Å²) in [6.45, 7) is 1.35. The van der Waals surface area contributed by atoms with Crippen LogP contribution in [0.5, 0.6) is 0 Å². The van der Waals surface area contributed by atoms with E-state index in [1.807, 2.05) is 67.5 Å². The lowest BCUT2D eigenvalue weighted by Crippen LogP contribution is -2.31. The van der Waals surface area contributed by atoms with Gasteiger partial charge in [-0.15, -0.1) is 0 Å².